The van der Waals surface area contributed by atoms with Crippen molar-refractivity contribution in [1.29, 1.82) is 0 Å². The van der Waals surface area contributed by atoms with Gasteiger partial charge in [0, 0.05) is 19.0 Å². The minimum absolute atomic E-state index is 0.0120. The van der Waals surface area contributed by atoms with Crippen LogP contribution in [0, 0.1) is 5.82 Å². The van der Waals surface area contributed by atoms with Crippen LogP contribution < -0.4 is 5.43 Å². The van der Waals surface area contributed by atoms with Gasteiger partial charge in [0.15, 0.2) is 0 Å². The molecule has 1 aliphatic heterocycles. The number of rotatable bonds is 4. The van der Waals surface area contributed by atoms with Gasteiger partial charge in [-0.15, -0.1) is 5.10 Å². The standard InChI is InChI=1S/C16H20FN5O2/c1-11(2)15-18-14(16(23)20-21-7-9-24-10-8-21)19-22(15)13-6-4-3-5-12(13)17/h3-6,11H,7-10H2,1-2H3,(H,20,23). The number of carbonyl (C=O) groups is 1. The van der Waals surface area contributed by atoms with E-state index in [0.717, 1.165) is 0 Å². The molecule has 0 spiro atoms. The van der Waals surface area contributed by atoms with Crippen molar-refractivity contribution in [2.75, 3.05) is 26.3 Å². The van der Waals surface area contributed by atoms with Crippen LogP contribution in [0.3, 0.4) is 0 Å². The highest BCUT2D eigenvalue weighted by molar-refractivity contribution is 5.90. The highest BCUT2D eigenvalue weighted by atomic mass is 19.1. The first-order valence-electron chi connectivity index (χ1n) is 7.92. The second kappa shape index (κ2) is 7.06. The molecular formula is C16H20FN5O2. The first kappa shape index (κ1) is 16.5. The van der Waals surface area contributed by atoms with Crippen LogP contribution in [0.5, 0.6) is 0 Å². The third-order valence-electron chi connectivity index (χ3n) is 3.70. The van der Waals surface area contributed by atoms with E-state index in [9.17, 15) is 9.18 Å². The van der Waals surface area contributed by atoms with E-state index in [4.69, 9.17) is 4.74 Å². The van der Waals surface area contributed by atoms with E-state index in [0.29, 0.717) is 32.1 Å². The number of ether oxygens (including phenoxy) is 1. The molecule has 0 atom stereocenters. The number of hydrogen-bond donors (Lipinski definition) is 1. The zero-order valence-corrected chi connectivity index (χ0v) is 13.7. The summed E-state index contributed by atoms with van der Waals surface area (Å²) in [6.45, 7) is 6.19. The fourth-order valence-electron chi connectivity index (χ4n) is 2.46. The number of hydrazine groups is 1. The lowest BCUT2D eigenvalue weighted by Crippen LogP contribution is -2.48. The average Bonchev–Trinajstić information content (AvgIpc) is 3.02. The van der Waals surface area contributed by atoms with Gasteiger partial charge in [-0.25, -0.2) is 19.1 Å². The SMILES string of the molecule is CC(C)c1nc(C(=O)NN2CCOCC2)nn1-c1ccccc1F. The Kier molecular flexibility index (Phi) is 4.86. The molecule has 1 aromatic heterocycles. The number of carbonyl (C=O) groups excluding carboxylic acids is 1. The zero-order valence-electron chi connectivity index (χ0n) is 13.7. The number of amides is 1. The first-order chi connectivity index (χ1) is 11.6. The fraction of sp³-hybridized carbons (Fsp3) is 0.438. The highest BCUT2D eigenvalue weighted by Crippen LogP contribution is 2.19. The number of para-hydroxylation sites is 1. The molecule has 1 amide bonds. The van der Waals surface area contributed by atoms with E-state index in [1.807, 2.05) is 13.8 Å². The normalized spacial score (nSPS) is 15.7. The van der Waals surface area contributed by atoms with Crippen molar-refractivity contribution in [3.8, 4) is 5.69 Å². The summed E-state index contributed by atoms with van der Waals surface area (Å²) in [5, 5.41) is 5.99. The molecule has 0 saturated carbocycles. The largest absolute Gasteiger partial charge is 0.379 e. The molecule has 7 nitrogen and oxygen atoms in total. The van der Waals surface area contributed by atoms with Crippen LogP contribution in [-0.2, 0) is 4.74 Å². The van der Waals surface area contributed by atoms with Crippen molar-refractivity contribution < 1.29 is 13.9 Å². The van der Waals surface area contributed by atoms with E-state index >= 15 is 0 Å². The summed E-state index contributed by atoms with van der Waals surface area (Å²) in [7, 11) is 0. The van der Waals surface area contributed by atoms with Crippen LogP contribution in [0.1, 0.15) is 36.2 Å². The van der Waals surface area contributed by atoms with Crippen LogP contribution in [0.15, 0.2) is 24.3 Å². The second-order valence-electron chi connectivity index (χ2n) is 5.85. The van der Waals surface area contributed by atoms with Gasteiger partial charge in [-0.3, -0.25) is 10.2 Å². The number of aromatic nitrogens is 3. The highest BCUT2D eigenvalue weighted by Gasteiger charge is 2.22. The summed E-state index contributed by atoms with van der Waals surface area (Å²) in [6.07, 6.45) is 0. The third-order valence-corrected chi connectivity index (χ3v) is 3.70. The molecule has 0 aliphatic carbocycles. The number of nitrogens with one attached hydrogen (secondary N) is 1. The maximum Gasteiger partial charge on any atom is 0.305 e. The molecule has 1 aliphatic rings. The molecule has 1 fully saturated rings. The van der Waals surface area contributed by atoms with Crippen LogP contribution in [0.4, 0.5) is 4.39 Å². The van der Waals surface area contributed by atoms with E-state index in [2.05, 4.69) is 15.5 Å². The Labute approximate surface area is 139 Å². The fourth-order valence-corrected chi connectivity index (χ4v) is 2.46. The van der Waals surface area contributed by atoms with Gasteiger partial charge < -0.3 is 4.74 Å². The summed E-state index contributed by atoms with van der Waals surface area (Å²) < 4.78 is 20.7. The number of morpholine rings is 1. The minimum Gasteiger partial charge on any atom is -0.379 e. The van der Waals surface area contributed by atoms with Crippen LogP contribution in [0.2, 0.25) is 0 Å². The molecule has 1 N–H and O–H groups in total. The molecule has 3 rings (SSSR count). The molecule has 128 valence electrons. The van der Waals surface area contributed by atoms with Crippen molar-refractivity contribution >= 4 is 5.91 Å². The zero-order chi connectivity index (χ0) is 17.1. The molecule has 1 saturated heterocycles. The van der Waals surface area contributed by atoms with E-state index in [1.54, 1.807) is 23.2 Å². The average molecular weight is 333 g/mol. The molecule has 8 heteroatoms. The maximum absolute atomic E-state index is 14.1. The van der Waals surface area contributed by atoms with Gasteiger partial charge >= 0.3 is 5.91 Å². The molecule has 1 aromatic carbocycles. The van der Waals surface area contributed by atoms with Crippen LogP contribution >= 0.6 is 0 Å². The summed E-state index contributed by atoms with van der Waals surface area (Å²) in [5.41, 5.74) is 3.04. The van der Waals surface area contributed by atoms with E-state index < -0.39 is 11.7 Å². The topological polar surface area (TPSA) is 72.3 Å². The monoisotopic (exact) mass is 333 g/mol. The summed E-state index contributed by atoms with van der Waals surface area (Å²) in [6, 6.07) is 6.29. The Morgan fingerprint density at radius 1 is 1.29 bits per heavy atom. The maximum atomic E-state index is 14.1. The molecule has 24 heavy (non-hydrogen) atoms. The lowest BCUT2D eigenvalue weighted by atomic mass is 10.2. The van der Waals surface area contributed by atoms with Crippen molar-refractivity contribution in [3.05, 3.63) is 41.7 Å². The van der Waals surface area contributed by atoms with E-state index in [-0.39, 0.29) is 17.4 Å². The Balaban J connectivity index is 1.88. The van der Waals surface area contributed by atoms with Gasteiger partial charge in [0.2, 0.25) is 5.82 Å². The quantitative estimate of drug-likeness (QED) is 0.918. The predicted molar refractivity (Wildman–Crippen MR) is 85.3 cm³/mol. The molecular weight excluding hydrogens is 313 g/mol. The smallest absolute Gasteiger partial charge is 0.305 e. The Hall–Kier alpha value is -2.32. The van der Waals surface area contributed by atoms with E-state index in [1.165, 1.54) is 10.7 Å². The summed E-state index contributed by atoms with van der Waals surface area (Å²) in [5.74, 6) is -0.277. The van der Waals surface area contributed by atoms with Crippen molar-refractivity contribution in [1.82, 2.24) is 25.2 Å². The number of nitrogens with zero attached hydrogens (tertiary/aromatic N) is 4. The molecule has 0 radical (unpaired) electrons. The molecule has 2 heterocycles. The van der Waals surface area contributed by atoms with Crippen molar-refractivity contribution in [2.24, 2.45) is 0 Å². The molecule has 2 aromatic rings. The van der Waals surface area contributed by atoms with Gasteiger partial charge in [0.05, 0.1) is 13.2 Å². The molecule has 0 unspecified atom stereocenters. The number of benzene rings is 1. The van der Waals surface area contributed by atoms with Gasteiger partial charge in [-0.1, -0.05) is 26.0 Å². The second-order valence-corrected chi connectivity index (χ2v) is 5.85. The van der Waals surface area contributed by atoms with Gasteiger partial charge in [0.25, 0.3) is 0 Å². The third kappa shape index (κ3) is 3.44. The predicted octanol–water partition coefficient (Wildman–Crippen LogP) is 1.51. The summed E-state index contributed by atoms with van der Waals surface area (Å²) in [4.78, 5) is 16.7. The van der Waals surface area contributed by atoms with Gasteiger partial charge in [0.1, 0.15) is 17.3 Å². The Morgan fingerprint density at radius 2 is 2.00 bits per heavy atom. The molecule has 0 bridgehead atoms. The lowest BCUT2D eigenvalue weighted by molar-refractivity contribution is 0.0123. The van der Waals surface area contributed by atoms with Crippen LogP contribution in [0.25, 0.3) is 5.69 Å². The summed E-state index contributed by atoms with van der Waals surface area (Å²) >= 11 is 0. The number of halogens is 1. The number of hydrogen-bond acceptors (Lipinski definition) is 5. The lowest BCUT2D eigenvalue weighted by Gasteiger charge is -2.26. The van der Waals surface area contributed by atoms with Gasteiger partial charge in [-0.05, 0) is 12.1 Å². The van der Waals surface area contributed by atoms with Gasteiger partial charge in [-0.2, -0.15) is 0 Å². The van der Waals surface area contributed by atoms with Crippen molar-refractivity contribution in [2.45, 2.75) is 19.8 Å². The Bertz CT molecular complexity index is 725. The Morgan fingerprint density at radius 3 is 2.67 bits per heavy atom. The first-order valence-corrected chi connectivity index (χ1v) is 7.92. The van der Waals surface area contributed by atoms with Crippen LogP contribution in [-0.4, -0.2) is 52.0 Å². The minimum atomic E-state index is -0.413. The van der Waals surface area contributed by atoms with Crippen molar-refractivity contribution in [3.63, 3.8) is 0 Å².